The summed E-state index contributed by atoms with van der Waals surface area (Å²) >= 11 is 0. The smallest absolute Gasteiger partial charge is 0.140 e. The molecule has 18 heavy (non-hydrogen) atoms. The molecular formula is C15H14N2O. The van der Waals surface area contributed by atoms with Crippen LogP contribution in [0.4, 0.5) is 5.69 Å². The van der Waals surface area contributed by atoms with E-state index in [2.05, 4.69) is 11.4 Å². The largest absolute Gasteiger partial charge is 0.497 e. The van der Waals surface area contributed by atoms with Crippen molar-refractivity contribution in [3.63, 3.8) is 0 Å². The highest BCUT2D eigenvalue weighted by Crippen LogP contribution is 2.22. The Labute approximate surface area is 107 Å². The Morgan fingerprint density at radius 3 is 2.56 bits per heavy atom. The van der Waals surface area contributed by atoms with Crippen molar-refractivity contribution in [2.75, 3.05) is 12.4 Å². The zero-order valence-corrected chi connectivity index (χ0v) is 10.1. The van der Waals surface area contributed by atoms with Crippen LogP contribution in [0.15, 0.2) is 54.6 Å². The summed E-state index contributed by atoms with van der Waals surface area (Å²) in [5.41, 5.74) is 1.81. The SMILES string of the molecule is COc1cccc(NC(C#N)c2ccccc2)c1. The zero-order valence-electron chi connectivity index (χ0n) is 10.1. The van der Waals surface area contributed by atoms with E-state index in [9.17, 15) is 5.26 Å². The molecule has 0 fully saturated rings. The molecule has 0 saturated carbocycles. The van der Waals surface area contributed by atoms with Gasteiger partial charge in [-0.2, -0.15) is 5.26 Å². The van der Waals surface area contributed by atoms with Crippen molar-refractivity contribution in [2.24, 2.45) is 0 Å². The summed E-state index contributed by atoms with van der Waals surface area (Å²) in [4.78, 5) is 0. The number of rotatable bonds is 4. The van der Waals surface area contributed by atoms with E-state index < -0.39 is 0 Å². The maximum absolute atomic E-state index is 9.22. The third-order valence-electron chi connectivity index (χ3n) is 2.64. The minimum Gasteiger partial charge on any atom is -0.497 e. The Bertz CT molecular complexity index is 546. The zero-order chi connectivity index (χ0) is 12.8. The lowest BCUT2D eigenvalue weighted by Crippen LogP contribution is -2.08. The molecule has 0 bridgehead atoms. The van der Waals surface area contributed by atoms with Crippen molar-refractivity contribution in [3.05, 3.63) is 60.2 Å². The second-order valence-corrected chi connectivity index (χ2v) is 3.85. The number of ether oxygens (including phenoxy) is 1. The number of hydrogen-bond donors (Lipinski definition) is 1. The van der Waals surface area contributed by atoms with E-state index in [1.165, 1.54) is 0 Å². The minimum absolute atomic E-state index is 0.363. The number of hydrogen-bond acceptors (Lipinski definition) is 3. The van der Waals surface area contributed by atoms with Gasteiger partial charge in [0.05, 0.1) is 13.2 Å². The van der Waals surface area contributed by atoms with Crippen molar-refractivity contribution >= 4 is 5.69 Å². The first-order valence-corrected chi connectivity index (χ1v) is 5.68. The van der Waals surface area contributed by atoms with E-state index in [0.717, 1.165) is 17.0 Å². The molecule has 0 heterocycles. The van der Waals surface area contributed by atoms with Crippen LogP contribution in [0.3, 0.4) is 0 Å². The molecule has 0 aliphatic rings. The molecule has 0 aliphatic carbocycles. The van der Waals surface area contributed by atoms with Gasteiger partial charge in [-0.1, -0.05) is 36.4 Å². The van der Waals surface area contributed by atoms with Crippen LogP contribution < -0.4 is 10.1 Å². The molecule has 0 spiro atoms. The average Bonchev–Trinajstić information content (AvgIpc) is 2.46. The average molecular weight is 238 g/mol. The molecule has 0 aromatic heterocycles. The molecule has 0 aliphatic heterocycles. The van der Waals surface area contributed by atoms with Gasteiger partial charge in [0.1, 0.15) is 11.8 Å². The van der Waals surface area contributed by atoms with Gasteiger partial charge in [-0.3, -0.25) is 0 Å². The predicted octanol–water partition coefficient (Wildman–Crippen LogP) is 3.37. The Balaban J connectivity index is 2.19. The summed E-state index contributed by atoms with van der Waals surface area (Å²) < 4.78 is 5.15. The number of nitriles is 1. The fourth-order valence-corrected chi connectivity index (χ4v) is 1.72. The Hall–Kier alpha value is -2.47. The minimum atomic E-state index is -0.363. The van der Waals surface area contributed by atoms with E-state index in [-0.39, 0.29) is 6.04 Å². The standard InChI is InChI=1S/C15H14N2O/c1-18-14-9-5-8-13(10-14)17-15(11-16)12-6-3-2-4-7-12/h2-10,15,17H,1H3. The maximum atomic E-state index is 9.22. The van der Waals surface area contributed by atoms with Gasteiger partial charge in [-0.05, 0) is 17.7 Å². The molecule has 3 nitrogen and oxygen atoms in total. The van der Waals surface area contributed by atoms with Crippen molar-refractivity contribution < 1.29 is 4.74 Å². The third-order valence-corrected chi connectivity index (χ3v) is 2.64. The number of methoxy groups -OCH3 is 1. The van der Waals surface area contributed by atoms with Crippen LogP contribution in [0.25, 0.3) is 0 Å². The van der Waals surface area contributed by atoms with Gasteiger partial charge >= 0.3 is 0 Å². The third kappa shape index (κ3) is 2.80. The lowest BCUT2D eigenvalue weighted by molar-refractivity contribution is 0.415. The molecule has 2 aromatic rings. The van der Waals surface area contributed by atoms with E-state index in [0.29, 0.717) is 0 Å². The molecule has 3 heteroatoms. The summed E-state index contributed by atoms with van der Waals surface area (Å²) in [7, 11) is 1.62. The van der Waals surface area contributed by atoms with Crippen LogP contribution in [-0.2, 0) is 0 Å². The molecule has 1 N–H and O–H groups in total. The van der Waals surface area contributed by atoms with Gasteiger partial charge in [-0.15, -0.1) is 0 Å². The van der Waals surface area contributed by atoms with Crippen molar-refractivity contribution in [2.45, 2.75) is 6.04 Å². The summed E-state index contributed by atoms with van der Waals surface area (Å²) in [6, 6.07) is 19.1. The van der Waals surface area contributed by atoms with Crippen LogP contribution in [0.2, 0.25) is 0 Å². The van der Waals surface area contributed by atoms with Gasteiger partial charge in [0, 0.05) is 11.8 Å². The maximum Gasteiger partial charge on any atom is 0.140 e. The van der Waals surface area contributed by atoms with Crippen LogP contribution in [0, 0.1) is 11.3 Å². The van der Waals surface area contributed by atoms with Crippen LogP contribution in [-0.4, -0.2) is 7.11 Å². The van der Waals surface area contributed by atoms with Crippen molar-refractivity contribution in [1.82, 2.24) is 0 Å². The summed E-state index contributed by atoms with van der Waals surface area (Å²) in [5.74, 6) is 0.768. The second-order valence-electron chi connectivity index (χ2n) is 3.85. The van der Waals surface area contributed by atoms with E-state index >= 15 is 0 Å². The first-order valence-electron chi connectivity index (χ1n) is 5.68. The van der Waals surface area contributed by atoms with Crippen LogP contribution in [0.1, 0.15) is 11.6 Å². The van der Waals surface area contributed by atoms with Crippen LogP contribution in [0.5, 0.6) is 5.75 Å². The Kier molecular flexibility index (Phi) is 3.83. The molecule has 0 radical (unpaired) electrons. The number of benzene rings is 2. The van der Waals surface area contributed by atoms with Gasteiger partial charge in [0.2, 0.25) is 0 Å². The molecule has 0 saturated heterocycles. The summed E-state index contributed by atoms with van der Waals surface area (Å²) in [6.45, 7) is 0. The highest BCUT2D eigenvalue weighted by atomic mass is 16.5. The van der Waals surface area contributed by atoms with E-state index in [1.54, 1.807) is 7.11 Å². The Morgan fingerprint density at radius 1 is 1.11 bits per heavy atom. The molecule has 2 rings (SSSR count). The second kappa shape index (κ2) is 5.74. The molecule has 0 amide bonds. The lowest BCUT2D eigenvalue weighted by atomic mass is 10.1. The molecule has 90 valence electrons. The number of nitrogens with one attached hydrogen (secondary N) is 1. The highest BCUT2D eigenvalue weighted by Gasteiger charge is 2.09. The highest BCUT2D eigenvalue weighted by molar-refractivity contribution is 5.51. The lowest BCUT2D eigenvalue weighted by Gasteiger charge is -2.13. The van der Waals surface area contributed by atoms with Gasteiger partial charge in [-0.25, -0.2) is 0 Å². The van der Waals surface area contributed by atoms with Gasteiger partial charge in [0.15, 0.2) is 0 Å². The first-order chi connectivity index (χ1) is 8.83. The van der Waals surface area contributed by atoms with Gasteiger partial charge < -0.3 is 10.1 Å². The number of nitrogens with zero attached hydrogens (tertiary/aromatic N) is 1. The molecular weight excluding hydrogens is 224 g/mol. The van der Waals surface area contributed by atoms with Crippen molar-refractivity contribution in [3.8, 4) is 11.8 Å². The molecule has 2 aromatic carbocycles. The van der Waals surface area contributed by atoms with E-state index in [1.807, 2.05) is 54.6 Å². The predicted molar refractivity (Wildman–Crippen MR) is 71.4 cm³/mol. The number of anilines is 1. The molecule has 1 unspecified atom stereocenters. The van der Waals surface area contributed by atoms with E-state index in [4.69, 9.17) is 4.74 Å². The quantitative estimate of drug-likeness (QED) is 0.888. The Morgan fingerprint density at radius 2 is 1.89 bits per heavy atom. The van der Waals surface area contributed by atoms with Crippen molar-refractivity contribution in [1.29, 1.82) is 5.26 Å². The first kappa shape index (κ1) is 12.0. The fourth-order valence-electron chi connectivity index (χ4n) is 1.72. The fraction of sp³-hybridized carbons (Fsp3) is 0.133. The summed E-state index contributed by atoms with van der Waals surface area (Å²) in [5, 5.41) is 12.4. The monoisotopic (exact) mass is 238 g/mol. The van der Waals surface area contributed by atoms with Crippen LogP contribution >= 0.6 is 0 Å². The summed E-state index contributed by atoms with van der Waals surface area (Å²) in [6.07, 6.45) is 0. The normalized spacial score (nSPS) is 11.3. The molecule has 1 atom stereocenters. The van der Waals surface area contributed by atoms with Gasteiger partial charge in [0.25, 0.3) is 0 Å². The topological polar surface area (TPSA) is 45.0 Å².